The number of rotatable bonds is 17. The standard InChI is InChI=1S/C32H37NO5/c34-31(35)15-7-6-13-26(24-27-16-19-28(20-17-27)32(36)37)18-21-29-30(14-9-22-33-29)38-23-8-2-5-12-25-10-3-1-4-11-25/h1,3-4,9-11,14,16-22,26H,2,5-8,12-13,15,23-24H2,(H,34,35)(H,36,37)/b21-18+. The first-order chi connectivity index (χ1) is 18.5. The van der Waals surface area contributed by atoms with Gasteiger partial charge >= 0.3 is 11.9 Å². The Morgan fingerprint density at radius 1 is 0.842 bits per heavy atom. The highest BCUT2D eigenvalue weighted by molar-refractivity contribution is 5.87. The maximum absolute atomic E-state index is 11.2. The average Bonchev–Trinajstić information content (AvgIpc) is 2.92. The zero-order valence-corrected chi connectivity index (χ0v) is 21.8. The highest BCUT2D eigenvalue weighted by atomic mass is 16.5. The number of carboxylic acid groups (broad SMARTS) is 2. The first kappa shape index (κ1) is 28.6. The molecule has 0 aliphatic rings. The highest BCUT2D eigenvalue weighted by Crippen LogP contribution is 2.23. The summed E-state index contributed by atoms with van der Waals surface area (Å²) in [6.07, 6.45) is 13.3. The summed E-state index contributed by atoms with van der Waals surface area (Å²) in [7, 11) is 0. The van der Waals surface area contributed by atoms with Crippen molar-refractivity contribution in [2.75, 3.05) is 6.61 Å². The Morgan fingerprint density at radius 2 is 1.63 bits per heavy atom. The Bertz CT molecular complexity index is 1160. The van der Waals surface area contributed by atoms with Gasteiger partial charge in [-0.1, -0.05) is 55.0 Å². The average molecular weight is 516 g/mol. The molecule has 3 aromatic rings. The Morgan fingerprint density at radius 3 is 2.37 bits per heavy atom. The molecule has 0 aliphatic heterocycles. The van der Waals surface area contributed by atoms with Gasteiger partial charge in [-0.2, -0.15) is 0 Å². The predicted molar refractivity (Wildman–Crippen MR) is 149 cm³/mol. The smallest absolute Gasteiger partial charge is 0.335 e. The lowest BCUT2D eigenvalue weighted by molar-refractivity contribution is -0.137. The monoisotopic (exact) mass is 515 g/mol. The molecule has 0 amide bonds. The Balaban J connectivity index is 1.56. The van der Waals surface area contributed by atoms with Gasteiger partial charge in [0.1, 0.15) is 11.4 Å². The SMILES string of the molecule is O=C(O)CCCCC(/C=C/c1ncccc1OCCCCCc1ccccc1)Cc1ccc(C(=O)O)cc1. The topological polar surface area (TPSA) is 96.7 Å². The number of aromatic carboxylic acids is 1. The third-order valence-electron chi connectivity index (χ3n) is 6.45. The number of pyridine rings is 1. The van der Waals surface area contributed by atoms with Crippen LogP contribution >= 0.6 is 0 Å². The number of allylic oxidation sites excluding steroid dienone is 1. The van der Waals surface area contributed by atoms with Crippen molar-refractivity contribution in [3.63, 3.8) is 0 Å². The van der Waals surface area contributed by atoms with E-state index in [1.807, 2.05) is 36.4 Å². The number of aromatic nitrogens is 1. The van der Waals surface area contributed by atoms with Crippen LogP contribution in [0.15, 0.2) is 79.0 Å². The van der Waals surface area contributed by atoms with Crippen LogP contribution in [-0.2, 0) is 17.6 Å². The highest BCUT2D eigenvalue weighted by Gasteiger charge is 2.10. The van der Waals surface area contributed by atoms with Gasteiger partial charge in [-0.25, -0.2) is 4.79 Å². The van der Waals surface area contributed by atoms with Gasteiger partial charge in [0, 0.05) is 12.6 Å². The second-order valence-electron chi connectivity index (χ2n) is 9.50. The zero-order valence-electron chi connectivity index (χ0n) is 21.8. The van der Waals surface area contributed by atoms with Crippen molar-refractivity contribution in [1.82, 2.24) is 4.98 Å². The summed E-state index contributed by atoms with van der Waals surface area (Å²) in [5.74, 6) is -0.813. The Kier molecular flexibility index (Phi) is 12.1. The van der Waals surface area contributed by atoms with E-state index >= 15 is 0 Å². The van der Waals surface area contributed by atoms with Crippen LogP contribution in [0.3, 0.4) is 0 Å². The number of hydrogen-bond acceptors (Lipinski definition) is 4. The van der Waals surface area contributed by atoms with Crippen LogP contribution in [0, 0.1) is 5.92 Å². The second kappa shape index (κ2) is 16.0. The van der Waals surface area contributed by atoms with Crippen molar-refractivity contribution in [1.29, 1.82) is 0 Å². The van der Waals surface area contributed by atoms with E-state index in [4.69, 9.17) is 14.9 Å². The third-order valence-corrected chi connectivity index (χ3v) is 6.45. The molecule has 0 spiro atoms. The fraction of sp³-hybridized carbons (Fsp3) is 0.344. The molecule has 38 heavy (non-hydrogen) atoms. The molecule has 0 aliphatic carbocycles. The third kappa shape index (κ3) is 10.6. The molecular weight excluding hydrogens is 478 g/mol. The molecular formula is C32H37NO5. The summed E-state index contributed by atoms with van der Waals surface area (Å²) in [4.78, 5) is 26.6. The number of nitrogens with zero attached hydrogens (tertiary/aromatic N) is 1. The van der Waals surface area contributed by atoms with Crippen molar-refractivity contribution in [2.24, 2.45) is 5.92 Å². The van der Waals surface area contributed by atoms with Gasteiger partial charge in [0.25, 0.3) is 0 Å². The number of benzene rings is 2. The number of ether oxygens (including phenoxy) is 1. The number of hydrogen-bond donors (Lipinski definition) is 2. The van der Waals surface area contributed by atoms with Crippen molar-refractivity contribution in [3.05, 3.63) is 101 Å². The molecule has 3 rings (SSSR count). The maximum atomic E-state index is 11.2. The number of carboxylic acids is 2. The molecule has 0 saturated carbocycles. The number of aliphatic carboxylic acids is 1. The Hall–Kier alpha value is -3.93. The summed E-state index contributed by atoms with van der Waals surface area (Å²) in [5.41, 5.74) is 3.44. The molecule has 6 nitrogen and oxygen atoms in total. The van der Waals surface area contributed by atoms with E-state index in [1.165, 1.54) is 5.56 Å². The van der Waals surface area contributed by atoms with Crippen LogP contribution in [0.4, 0.5) is 0 Å². The lowest BCUT2D eigenvalue weighted by Gasteiger charge is -2.14. The minimum atomic E-state index is -0.944. The van der Waals surface area contributed by atoms with Crippen LogP contribution in [0.1, 0.15) is 72.1 Å². The summed E-state index contributed by atoms with van der Waals surface area (Å²) < 4.78 is 6.07. The zero-order chi connectivity index (χ0) is 27.0. The predicted octanol–water partition coefficient (Wildman–Crippen LogP) is 7.09. The second-order valence-corrected chi connectivity index (χ2v) is 9.50. The molecule has 0 saturated heterocycles. The summed E-state index contributed by atoms with van der Waals surface area (Å²) >= 11 is 0. The molecule has 1 heterocycles. The molecule has 6 heteroatoms. The first-order valence-electron chi connectivity index (χ1n) is 13.3. The first-order valence-corrected chi connectivity index (χ1v) is 13.3. The van der Waals surface area contributed by atoms with Gasteiger partial charge in [-0.3, -0.25) is 9.78 Å². The summed E-state index contributed by atoms with van der Waals surface area (Å²) in [6, 6.07) is 21.2. The van der Waals surface area contributed by atoms with Gasteiger partial charge in [-0.05, 0) is 92.3 Å². The largest absolute Gasteiger partial charge is 0.491 e. The van der Waals surface area contributed by atoms with E-state index in [0.717, 1.165) is 62.0 Å². The van der Waals surface area contributed by atoms with Gasteiger partial charge in [-0.15, -0.1) is 0 Å². The molecule has 1 aromatic heterocycles. The van der Waals surface area contributed by atoms with E-state index in [1.54, 1.807) is 18.3 Å². The minimum Gasteiger partial charge on any atom is -0.491 e. The van der Waals surface area contributed by atoms with Crippen LogP contribution in [-0.4, -0.2) is 33.7 Å². The number of aryl methyl sites for hydroxylation is 1. The molecule has 200 valence electrons. The van der Waals surface area contributed by atoms with Crippen LogP contribution in [0.2, 0.25) is 0 Å². The molecule has 0 radical (unpaired) electrons. The van der Waals surface area contributed by atoms with E-state index in [-0.39, 0.29) is 17.9 Å². The lowest BCUT2D eigenvalue weighted by Crippen LogP contribution is -2.04. The quantitative estimate of drug-likeness (QED) is 0.186. The fourth-order valence-electron chi connectivity index (χ4n) is 4.35. The molecule has 1 atom stereocenters. The van der Waals surface area contributed by atoms with Crippen molar-refractivity contribution in [2.45, 2.75) is 57.8 Å². The molecule has 0 fully saturated rings. The van der Waals surface area contributed by atoms with Gasteiger partial charge in [0.15, 0.2) is 0 Å². The summed E-state index contributed by atoms with van der Waals surface area (Å²) in [5, 5.41) is 18.1. The minimum absolute atomic E-state index is 0.160. The van der Waals surface area contributed by atoms with E-state index < -0.39 is 11.9 Å². The lowest BCUT2D eigenvalue weighted by atomic mass is 9.92. The normalized spacial score (nSPS) is 11.9. The molecule has 2 N–H and O–H groups in total. The molecule has 0 bridgehead atoms. The van der Waals surface area contributed by atoms with Crippen LogP contribution < -0.4 is 4.74 Å². The molecule has 1 unspecified atom stereocenters. The van der Waals surface area contributed by atoms with Gasteiger partial charge in [0.05, 0.1) is 12.2 Å². The van der Waals surface area contributed by atoms with Crippen molar-refractivity contribution in [3.8, 4) is 5.75 Å². The van der Waals surface area contributed by atoms with Gasteiger partial charge < -0.3 is 14.9 Å². The van der Waals surface area contributed by atoms with Crippen molar-refractivity contribution >= 4 is 18.0 Å². The van der Waals surface area contributed by atoms with E-state index in [0.29, 0.717) is 13.0 Å². The van der Waals surface area contributed by atoms with E-state index in [2.05, 4.69) is 35.3 Å². The fourth-order valence-corrected chi connectivity index (χ4v) is 4.35. The van der Waals surface area contributed by atoms with Gasteiger partial charge in [0.2, 0.25) is 0 Å². The Labute approximate surface area is 225 Å². The summed E-state index contributed by atoms with van der Waals surface area (Å²) in [6.45, 7) is 0.635. The van der Waals surface area contributed by atoms with Crippen LogP contribution in [0.25, 0.3) is 6.08 Å². The van der Waals surface area contributed by atoms with E-state index in [9.17, 15) is 9.59 Å². The number of carbonyl (C=O) groups is 2. The van der Waals surface area contributed by atoms with Crippen molar-refractivity contribution < 1.29 is 24.5 Å². The number of unbranched alkanes of at least 4 members (excludes halogenated alkanes) is 3. The molecule has 2 aromatic carbocycles. The van der Waals surface area contributed by atoms with Crippen LogP contribution in [0.5, 0.6) is 5.75 Å². The maximum Gasteiger partial charge on any atom is 0.335 e.